The molecule has 0 N–H and O–H groups in total. The predicted octanol–water partition coefficient (Wildman–Crippen LogP) is 3.76. The Labute approximate surface area is 86.4 Å². The van der Waals surface area contributed by atoms with Gasteiger partial charge in [-0.1, -0.05) is 24.8 Å². The molecule has 1 heterocycles. The van der Waals surface area contributed by atoms with E-state index in [0.717, 1.165) is 5.70 Å². The normalized spacial score (nSPS) is 17.9. The summed E-state index contributed by atoms with van der Waals surface area (Å²) in [7, 11) is 0. The van der Waals surface area contributed by atoms with Crippen molar-refractivity contribution in [2.75, 3.05) is 0 Å². The molecule has 0 unspecified atom stereocenters. The highest BCUT2D eigenvalue weighted by Crippen LogP contribution is 2.20. The highest BCUT2D eigenvalue weighted by Gasteiger charge is 2.06. The average Bonchev–Trinajstić information content (AvgIpc) is 2.20. The second-order valence-corrected chi connectivity index (χ2v) is 3.27. The molecule has 0 aromatic rings. The Hall–Kier alpha value is -1.50. The van der Waals surface area contributed by atoms with Crippen LogP contribution in [-0.4, -0.2) is 4.90 Å². The third-order valence-electron chi connectivity index (χ3n) is 2.26. The van der Waals surface area contributed by atoms with Crippen LogP contribution in [0.4, 0.5) is 0 Å². The lowest BCUT2D eigenvalue weighted by Gasteiger charge is -2.21. The zero-order chi connectivity index (χ0) is 10.6. The number of hydrogen-bond acceptors (Lipinski definition) is 1. The van der Waals surface area contributed by atoms with E-state index in [4.69, 9.17) is 0 Å². The molecule has 0 saturated carbocycles. The third-order valence-corrected chi connectivity index (χ3v) is 2.26. The van der Waals surface area contributed by atoms with E-state index < -0.39 is 0 Å². The highest BCUT2D eigenvalue weighted by molar-refractivity contribution is 5.44. The van der Waals surface area contributed by atoms with Gasteiger partial charge in [-0.25, -0.2) is 0 Å². The zero-order valence-corrected chi connectivity index (χ0v) is 9.12. The molecule has 0 amide bonds. The Balaban J connectivity index is 2.96. The summed E-state index contributed by atoms with van der Waals surface area (Å²) in [5, 5.41) is 0. The number of allylic oxidation sites excluding steroid dienone is 6. The van der Waals surface area contributed by atoms with Crippen LogP contribution in [0.3, 0.4) is 0 Å². The van der Waals surface area contributed by atoms with Crippen LogP contribution in [0.2, 0.25) is 0 Å². The molecule has 0 aliphatic carbocycles. The summed E-state index contributed by atoms with van der Waals surface area (Å²) in [5.41, 5.74) is 3.51. The van der Waals surface area contributed by atoms with Crippen molar-refractivity contribution in [1.29, 1.82) is 0 Å². The van der Waals surface area contributed by atoms with Crippen molar-refractivity contribution in [3.63, 3.8) is 0 Å². The summed E-state index contributed by atoms with van der Waals surface area (Å²) < 4.78 is 0. The fourth-order valence-electron chi connectivity index (χ4n) is 1.25. The Morgan fingerprint density at radius 1 is 1.36 bits per heavy atom. The van der Waals surface area contributed by atoms with Crippen LogP contribution in [0.15, 0.2) is 60.1 Å². The summed E-state index contributed by atoms with van der Waals surface area (Å²) in [6, 6.07) is 0. The third kappa shape index (κ3) is 2.25. The van der Waals surface area contributed by atoms with E-state index in [9.17, 15) is 0 Å². The highest BCUT2D eigenvalue weighted by atomic mass is 15.1. The van der Waals surface area contributed by atoms with Gasteiger partial charge in [0.25, 0.3) is 0 Å². The molecule has 0 atom stereocenters. The standard InChI is InChI=1S/C13H17N/c1-5-9-14-10-13(11(3)6-2)8-7-12(14)4/h5-10H,4H2,1-3H3/b9-5-,11-6-. The van der Waals surface area contributed by atoms with Crippen molar-refractivity contribution >= 4 is 0 Å². The smallest absolute Gasteiger partial charge is 0.0377 e. The van der Waals surface area contributed by atoms with E-state index in [1.54, 1.807) is 0 Å². The van der Waals surface area contributed by atoms with Gasteiger partial charge in [0, 0.05) is 18.1 Å². The molecule has 0 aromatic carbocycles. The summed E-state index contributed by atoms with van der Waals surface area (Å²) in [5.74, 6) is 0. The fourth-order valence-corrected chi connectivity index (χ4v) is 1.25. The molecule has 1 aliphatic rings. The molecule has 0 saturated heterocycles. The maximum Gasteiger partial charge on any atom is 0.0377 e. The predicted molar refractivity (Wildman–Crippen MR) is 62.4 cm³/mol. The Morgan fingerprint density at radius 3 is 2.64 bits per heavy atom. The second-order valence-electron chi connectivity index (χ2n) is 3.27. The fraction of sp³-hybridized carbons (Fsp3) is 0.231. The van der Waals surface area contributed by atoms with Gasteiger partial charge in [0.05, 0.1) is 0 Å². The van der Waals surface area contributed by atoms with Crippen molar-refractivity contribution in [3.05, 3.63) is 60.1 Å². The van der Waals surface area contributed by atoms with Crippen LogP contribution in [0.25, 0.3) is 0 Å². The van der Waals surface area contributed by atoms with Crippen LogP contribution in [0.1, 0.15) is 20.8 Å². The quantitative estimate of drug-likeness (QED) is 0.636. The lowest BCUT2D eigenvalue weighted by Crippen LogP contribution is -2.10. The van der Waals surface area contributed by atoms with Crippen molar-refractivity contribution in [2.24, 2.45) is 0 Å². The van der Waals surface area contributed by atoms with Gasteiger partial charge < -0.3 is 4.90 Å². The summed E-state index contributed by atoms with van der Waals surface area (Å²) in [6.45, 7) is 10.1. The maximum atomic E-state index is 3.96. The van der Waals surface area contributed by atoms with E-state index in [1.165, 1.54) is 11.1 Å². The van der Waals surface area contributed by atoms with Crippen LogP contribution < -0.4 is 0 Å². The van der Waals surface area contributed by atoms with Crippen LogP contribution in [-0.2, 0) is 0 Å². The lowest BCUT2D eigenvalue weighted by molar-refractivity contribution is 0.642. The minimum absolute atomic E-state index is 0.996. The molecule has 14 heavy (non-hydrogen) atoms. The van der Waals surface area contributed by atoms with Gasteiger partial charge in [0.2, 0.25) is 0 Å². The SMILES string of the molecule is C=C1C=CC(/C(C)=C\C)=CN1/C=C\C. The van der Waals surface area contributed by atoms with E-state index in [-0.39, 0.29) is 0 Å². The van der Waals surface area contributed by atoms with Gasteiger partial charge in [-0.15, -0.1) is 0 Å². The molecular weight excluding hydrogens is 170 g/mol. The Kier molecular flexibility index (Phi) is 3.52. The number of rotatable bonds is 2. The van der Waals surface area contributed by atoms with E-state index >= 15 is 0 Å². The van der Waals surface area contributed by atoms with E-state index in [0.29, 0.717) is 0 Å². The van der Waals surface area contributed by atoms with Crippen LogP contribution in [0.5, 0.6) is 0 Å². The molecule has 1 rings (SSSR count). The second kappa shape index (κ2) is 4.66. The van der Waals surface area contributed by atoms with E-state index in [2.05, 4.69) is 31.9 Å². The first kappa shape index (κ1) is 10.6. The Bertz CT molecular complexity index is 340. The first-order valence-corrected chi connectivity index (χ1v) is 4.82. The minimum Gasteiger partial charge on any atom is -0.324 e. The average molecular weight is 187 g/mol. The number of hydrogen-bond donors (Lipinski definition) is 0. The molecular formula is C13H17N. The van der Waals surface area contributed by atoms with Gasteiger partial charge >= 0.3 is 0 Å². The first-order chi connectivity index (χ1) is 6.69. The van der Waals surface area contributed by atoms with Gasteiger partial charge in [-0.05, 0) is 38.0 Å². The van der Waals surface area contributed by atoms with Gasteiger partial charge in [0.15, 0.2) is 0 Å². The molecule has 0 aromatic heterocycles. The lowest BCUT2D eigenvalue weighted by atomic mass is 10.1. The minimum atomic E-state index is 0.996. The van der Waals surface area contributed by atoms with Gasteiger partial charge in [0.1, 0.15) is 0 Å². The largest absolute Gasteiger partial charge is 0.324 e. The van der Waals surface area contributed by atoms with Crippen LogP contribution >= 0.6 is 0 Å². The summed E-state index contributed by atoms with van der Waals surface area (Å²) >= 11 is 0. The molecule has 0 bridgehead atoms. The van der Waals surface area contributed by atoms with Crippen molar-refractivity contribution < 1.29 is 0 Å². The number of nitrogens with zero attached hydrogens (tertiary/aromatic N) is 1. The molecule has 0 radical (unpaired) electrons. The Morgan fingerprint density at radius 2 is 2.07 bits per heavy atom. The first-order valence-electron chi connectivity index (χ1n) is 4.82. The molecule has 1 heteroatoms. The maximum absolute atomic E-state index is 3.96. The molecule has 1 nitrogen and oxygen atoms in total. The summed E-state index contributed by atoms with van der Waals surface area (Å²) in [4.78, 5) is 2.03. The van der Waals surface area contributed by atoms with Gasteiger partial charge in [-0.2, -0.15) is 0 Å². The zero-order valence-electron chi connectivity index (χ0n) is 9.12. The van der Waals surface area contributed by atoms with Crippen molar-refractivity contribution in [3.8, 4) is 0 Å². The summed E-state index contributed by atoms with van der Waals surface area (Å²) in [6.07, 6.45) is 12.3. The molecule has 0 fully saturated rings. The van der Waals surface area contributed by atoms with Crippen LogP contribution in [0, 0.1) is 0 Å². The topological polar surface area (TPSA) is 3.24 Å². The monoisotopic (exact) mass is 187 g/mol. The molecule has 1 aliphatic heterocycles. The van der Waals surface area contributed by atoms with E-state index in [1.807, 2.05) is 37.1 Å². The van der Waals surface area contributed by atoms with Gasteiger partial charge in [-0.3, -0.25) is 0 Å². The van der Waals surface area contributed by atoms with Crippen molar-refractivity contribution in [2.45, 2.75) is 20.8 Å². The molecule has 74 valence electrons. The molecule has 0 spiro atoms. The van der Waals surface area contributed by atoms with Crippen molar-refractivity contribution in [1.82, 2.24) is 4.90 Å².